The van der Waals surface area contributed by atoms with Gasteiger partial charge in [0, 0.05) is 18.7 Å². The van der Waals surface area contributed by atoms with Crippen LogP contribution in [0.1, 0.15) is 16.8 Å². The van der Waals surface area contributed by atoms with Gasteiger partial charge in [0.05, 0.1) is 5.56 Å². The quantitative estimate of drug-likeness (QED) is 0.584. The number of aromatic nitrogens is 4. The average molecular weight is 370 g/mol. The third kappa shape index (κ3) is 5.08. The molecule has 0 aliphatic heterocycles. The number of amides is 2. The molecule has 3 aromatic rings. The van der Waals surface area contributed by atoms with Gasteiger partial charge in [-0.2, -0.15) is 5.21 Å². The van der Waals surface area contributed by atoms with Crippen LogP contribution < -0.4 is 15.4 Å². The van der Waals surface area contributed by atoms with Gasteiger partial charge in [0.1, 0.15) is 11.6 Å². The summed E-state index contributed by atoms with van der Waals surface area (Å²) >= 11 is 0. The fourth-order valence-corrected chi connectivity index (χ4v) is 2.16. The van der Waals surface area contributed by atoms with Crippen LogP contribution in [0, 0.1) is 5.82 Å². The van der Waals surface area contributed by atoms with Gasteiger partial charge in [0.2, 0.25) is 5.91 Å². The van der Waals surface area contributed by atoms with Gasteiger partial charge in [-0.15, -0.1) is 0 Å². The SMILES string of the molecule is O=C(CCNC(=O)c1ccccc1F)Nc1ccc(Oc2nn[nH]n2)cc1. The fourth-order valence-electron chi connectivity index (χ4n) is 2.16. The number of aromatic amines is 1. The molecule has 0 saturated carbocycles. The van der Waals surface area contributed by atoms with E-state index in [-0.39, 0.29) is 30.4 Å². The van der Waals surface area contributed by atoms with E-state index in [1.165, 1.54) is 18.2 Å². The number of tetrazole rings is 1. The number of benzene rings is 2. The minimum absolute atomic E-state index is 0.0430. The van der Waals surface area contributed by atoms with Crippen molar-refractivity contribution in [1.29, 1.82) is 0 Å². The first-order chi connectivity index (χ1) is 13.1. The standard InChI is InChI=1S/C17H15FN6O3/c18-14-4-2-1-3-13(14)16(26)19-10-9-15(25)20-11-5-7-12(8-6-11)27-17-21-23-24-22-17/h1-8H,9-10H2,(H,19,26)(H,20,25)(H,21,22,23,24). The molecular weight excluding hydrogens is 355 g/mol. The molecule has 0 radical (unpaired) electrons. The molecule has 0 bridgehead atoms. The van der Waals surface area contributed by atoms with E-state index >= 15 is 0 Å². The van der Waals surface area contributed by atoms with Crippen molar-refractivity contribution in [3.05, 3.63) is 59.9 Å². The Morgan fingerprint density at radius 1 is 1.11 bits per heavy atom. The maximum atomic E-state index is 13.5. The summed E-state index contributed by atoms with van der Waals surface area (Å²) in [5.41, 5.74) is 0.496. The van der Waals surface area contributed by atoms with Crippen LogP contribution in [0.4, 0.5) is 10.1 Å². The molecule has 0 aliphatic rings. The lowest BCUT2D eigenvalue weighted by atomic mass is 10.2. The van der Waals surface area contributed by atoms with Crippen LogP contribution in [-0.4, -0.2) is 39.0 Å². The van der Waals surface area contributed by atoms with Crippen LogP contribution in [-0.2, 0) is 4.79 Å². The molecule has 2 amide bonds. The largest absolute Gasteiger partial charge is 0.422 e. The van der Waals surface area contributed by atoms with Crippen molar-refractivity contribution < 1.29 is 18.7 Å². The second-order valence-corrected chi connectivity index (χ2v) is 5.35. The topological polar surface area (TPSA) is 122 Å². The van der Waals surface area contributed by atoms with Crippen LogP contribution >= 0.6 is 0 Å². The first-order valence-electron chi connectivity index (χ1n) is 7.96. The van der Waals surface area contributed by atoms with Crippen LogP contribution in [0.5, 0.6) is 11.8 Å². The Bertz CT molecular complexity index is 915. The van der Waals surface area contributed by atoms with E-state index < -0.39 is 11.7 Å². The Morgan fingerprint density at radius 2 is 1.89 bits per heavy atom. The number of anilines is 1. The Morgan fingerprint density at radius 3 is 2.59 bits per heavy atom. The first-order valence-corrected chi connectivity index (χ1v) is 7.96. The number of nitrogens with one attached hydrogen (secondary N) is 3. The number of hydrogen-bond acceptors (Lipinski definition) is 6. The van der Waals surface area contributed by atoms with Crippen molar-refractivity contribution in [3.8, 4) is 11.8 Å². The monoisotopic (exact) mass is 370 g/mol. The number of nitrogens with zero attached hydrogens (tertiary/aromatic N) is 3. The van der Waals surface area contributed by atoms with Gasteiger partial charge in [-0.1, -0.05) is 22.3 Å². The molecule has 0 saturated heterocycles. The zero-order valence-corrected chi connectivity index (χ0v) is 14.0. The van der Waals surface area contributed by atoms with E-state index in [4.69, 9.17) is 4.74 Å². The van der Waals surface area contributed by atoms with E-state index in [2.05, 4.69) is 31.3 Å². The summed E-state index contributed by atoms with van der Waals surface area (Å²) in [5.74, 6) is -0.992. The molecule has 10 heteroatoms. The fraction of sp³-hybridized carbons (Fsp3) is 0.118. The maximum Gasteiger partial charge on any atom is 0.361 e. The van der Waals surface area contributed by atoms with Crippen molar-refractivity contribution >= 4 is 17.5 Å². The lowest BCUT2D eigenvalue weighted by Crippen LogP contribution is -2.28. The normalized spacial score (nSPS) is 10.3. The van der Waals surface area contributed by atoms with Gasteiger partial charge >= 0.3 is 6.01 Å². The molecule has 9 nitrogen and oxygen atoms in total. The highest BCUT2D eigenvalue weighted by molar-refractivity contribution is 5.95. The predicted octanol–water partition coefficient (Wildman–Crippen LogP) is 1.89. The van der Waals surface area contributed by atoms with Gasteiger partial charge in [-0.3, -0.25) is 9.59 Å². The third-order valence-corrected chi connectivity index (χ3v) is 3.43. The highest BCUT2D eigenvalue weighted by atomic mass is 19.1. The van der Waals surface area contributed by atoms with E-state index in [1.807, 2.05) is 0 Å². The average Bonchev–Trinajstić information content (AvgIpc) is 3.16. The molecule has 27 heavy (non-hydrogen) atoms. The number of carbonyl (C=O) groups is 2. The lowest BCUT2D eigenvalue weighted by molar-refractivity contribution is -0.116. The molecule has 0 aliphatic carbocycles. The van der Waals surface area contributed by atoms with E-state index in [0.717, 1.165) is 0 Å². The zero-order chi connectivity index (χ0) is 19.1. The summed E-state index contributed by atoms with van der Waals surface area (Å²) in [7, 11) is 0. The number of hydrogen-bond donors (Lipinski definition) is 3. The molecule has 0 fully saturated rings. The van der Waals surface area contributed by atoms with E-state index in [0.29, 0.717) is 11.4 Å². The molecule has 0 unspecified atom stereocenters. The molecule has 2 aromatic carbocycles. The van der Waals surface area contributed by atoms with Gasteiger partial charge in [0.25, 0.3) is 5.91 Å². The first kappa shape index (κ1) is 18.0. The third-order valence-electron chi connectivity index (χ3n) is 3.43. The van der Waals surface area contributed by atoms with Crippen molar-refractivity contribution in [2.45, 2.75) is 6.42 Å². The second kappa shape index (κ2) is 8.52. The summed E-state index contributed by atoms with van der Waals surface area (Å²) in [6, 6.07) is 12.3. The van der Waals surface area contributed by atoms with Crippen molar-refractivity contribution in [1.82, 2.24) is 25.9 Å². The van der Waals surface area contributed by atoms with Gasteiger partial charge in [0.15, 0.2) is 0 Å². The van der Waals surface area contributed by atoms with Crippen LogP contribution in [0.2, 0.25) is 0 Å². The smallest absolute Gasteiger partial charge is 0.361 e. The molecule has 3 N–H and O–H groups in total. The minimum Gasteiger partial charge on any atom is -0.422 e. The highest BCUT2D eigenvalue weighted by Gasteiger charge is 2.11. The summed E-state index contributed by atoms with van der Waals surface area (Å²) in [5, 5.41) is 18.1. The Hall–Kier alpha value is -3.82. The molecule has 0 atom stereocenters. The number of carbonyl (C=O) groups excluding carboxylic acids is 2. The number of halogens is 1. The summed E-state index contributed by atoms with van der Waals surface area (Å²) in [4.78, 5) is 23.8. The Balaban J connectivity index is 1.44. The maximum absolute atomic E-state index is 13.5. The molecular formula is C17H15FN6O3. The predicted molar refractivity (Wildman–Crippen MR) is 92.7 cm³/mol. The number of H-pyrrole nitrogens is 1. The summed E-state index contributed by atoms with van der Waals surface area (Å²) in [6.45, 7) is 0.0814. The zero-order valence-electron chi connectivity index (χ0n) is 14.0. The van der Waals surface area contributed by atoms with Gasteiger partial charge < -0.3 is 15.4 Å². The lowest BCUT2D eigenvalue weighted by Gasteiger charge is -2.08. The highest BCUT2D eigenvalue weighted by Crippen LogP contribution is 2.19. The van der Waals surface area contributed by atoms with Crippen molar-refractivity contribution in [2.75, 3.05) is 11.9 Å². The molecule has 1 heterocycles. The molecule has 3 rings (SSSR count). The Labute approximate surface area is 152 Å². The summed E-state index contributed by atoms with van der Waals surface area (Å²) in [6.07, 6.45) is 0.0430. The second-order valence-electron chi connectivity index (χ2n) is 5.35. The van der Waals surface area contributed by atoms with E-state index in [1.54, 1.807) is 30.3 Å². The summed E-state index contributed by atoms with van der Waals surface area (Å²) < 4.78 is 18.8. The molecule has 1 aromatic heterocycles. The van der Waals surface area contributed by atoms with Gasteiger partial charge in [-0.05, 0) is 41.6 Å². The van der Waals surface area contributed by atoms with E-state index in [9.17, 15) is 14.0 Å². The van der Waals surface area contributed by atoms with Crippen LogP contribution in [0.3, 0.4) is 0 Å². The number of rotatable bonds is 7. The van der Waals surface area contributed by atoms with Crippen molar-refractivity contribution in [3.63, 3.8) is 0 Å². The van der Waals surface area contributed by atoms with Crippen LogP contribution in [0.15, 0.2) is 48.5 Å². The Kier molecular flexibility index (Phi) is 5.67. The molecule has 0 spiro atoms. The molecule has 138 valence electrons. The van der Waals surface area contributed by atoms with Crippen LogP contribution in [0.25, 0.3) is 0 Å². The van der Waals surface area contributed by atoms with Gasteiger partial charge in [-0.25, -0.2) is 4.39 Å². The minimum atomic E-state index is -0.609. The number of ether oxygens (including phenoxy) is 1. The van der Waals surface area contributed by atoms with Crippen molar-refractivity contribution in [2.24, 2.45) is 0 Å².